The summed E-state index contributed by atoms with van der Waals surface area (Å²) in [5.74, 6) is 1.28. The van der Waals surface area contributed by atoms with E-state index in [1.54, 1.807) is 0 Å². The third kappa shape index (κ3) is 2.21. The Morgan fingerprint density at radius 1 is 1.13 bits per heavy atom. The van der Waals surface area contributed by atoms with E-state index in [1.807, 2.05) is 11.8 Å². The molecule has 15 heavy (non-hydrogen) atoms. The molecule has 1 aromatic carbocycles. The minimum atomic E-state index is 0.615. The Morgan fingerprint density at radius 2 is 2.00 bits per heavy atom. The molecule has 1 N–H and O–H groups in total. The summed E-state index contributed by atoms with van der Waals surface area (Å²) in [4.78, 5) is 1.49. The fraction of sp³-hybridized carbons (Fsp3) is 0.538. The molecule has 1 nitrogen and oxygen atoms in total. The van der Waals surface area contributed by atoms with Crippen LogP contribution in [0.5, 0.6) is 0 Å². The lowest BCUT2D eigenvalue weighted by Gasteiger charge is -2.18. The van der Waals surface area contributed by atoms with Gasteiger partial charge in [-0.25, -0.2) is 0 Å². The third-order valence-electron chi connectivity index (χ3n) is 3.20. The second-order valence-electron chi connectivity index (χ2n) is 4.52. The summed E-state index contributed by atoms with van der Waals surface area (Å²) >= 11 is 2.02. The van der Waals surface area contributed by atoms with Crippen molar-refractivity contribution < 1.29 is 0 Å². The van der Waals surface area contributed by atoms with E-state index in [4.69, 9.17) is 0 Å². The Labute approximate surface area is 95.6 Å². The largest absolute Gasteiger partial charge is 0.307 e. The molecule has 0 radical (unpaired) electrons. The number of nitrogens with one attached hydrogen (secondary N) is 1. The first-order valence-electron chi connectivity index (χ1n) is 5.91. The normalized spacial score (nSPS) is 25.7. The molecule has 0 aromatic heterocycles. The first-order chi connectivity index (χ1) is 7.43. The van der Waals surface area contributed by atoms with Gasteiger partial charge in [-0.3, -0.25) is 0 Å². The molecule has 80 valence electrons. The first kappa shape index (κ1) is 9.73. The molecule has 1 atom stereocenters. The zero-order valence-electron chi connectivity index (χ0n) is 8.91. The van der Waals surface area contributed by atoms with E-state index in [-0.39, 0.29) is 0 Å². The van der Waals surface area contributed by atoms with Crippen molar-refractivity contribution in [2.24, 2.45) is 0 Å². The van der Waals surface area contributed by atoms with Gasteiger partial charge in [0.15, 0.2) is 0 Å². The molecule has 0 saturated heterocycles. The van der Waals surface area contributed by atoms with Crippen molar-refractivity contribution in [2.45, 2.75) is 42.7 Å². The highest BCUT2D eigenvalue weighted by Crippen LogP contribution is 2.36. The summed E-state index contributed by atoms with van der Waals surface area (Å²) in [6.45, 7) is 0. The monoisotopic (exact) mass is 219 g/mol. The molecule has 3 rings (SSSR count). The average Bonchev–Trinajstić information content (AvgIpc) is 3.07. The van der Waals surface area contributed by atoms with Gasteiger partial charge in [0, 0.05) is 17.0 Å². The van der Waals surface area contributed by atoms with Crippen LogP contribution in [-0.4, -0.2) is 11.8 Å². The molecule has 2 heteroatoms. The van der Waals surface area contributed by atoms with Gasteiger partial charge in [-0.15, -0.1) is 11.8 Å². The van der Waals surface area contributed by atoms with Gasteiger partial charge in [-0.2, -0.15) is 0 Å². The molecule has 1 unspecified atom stereocenters. The van der Waals surface area contributed by atoms with Crippen LogP contribution in [0.3, 0.4) is 0 Å². The number of rotatable bonds is 2. The lowest BCUT2D eigenvalue weighted by Crippen LogP contribution is -2.23. The van der Waals surface area contributed by atoms with E-state index in [2.05, 4.69) is 29.6 Å². The van der Waals surface area contributed by atoms with Gasteiger partial charge < -0.3 is 5.32 Å². The molecule has 1 aliphatic heterocycles. The smallest absolute Gasteiger partial charge is 0.0334 e. The molecule has 0 amide bonds. The summed E-state index contributed by atoms with van der Waals surface area (Å²) in [6.07, 6.45) is 5.40. The first-order valence-corrected chi connectivity index (χ1v) is 6.90. The highest BCUT2D eigenvalue weighted by Gasteiger charge is 2.27. The van der Waals surface area contributed by atoms with E-state index in [1.165, 1.54) is 41.9 Å². The fourth-order valence-electron chi connectivity index (χ4n) is 2.23. The summed E-state index contributed by atoms with van der Waals surface area (Å²) in [5.41, 5.74) is 1.53. The molecule has 0 bridgehead atoms. The van der Waals surface area contributed by atoms with Crippen LogP contribution in [0.15, 0.2) is 29.2 Å². The number of hydrogen-bond acceptors (Lipinski definition) is 2. The van der Waals surface area contributed by atoms with Crippen molar-refractivity contribution in [1.82, 2.24) is 5.32 Å². The summed E-state index contributed by atoms with van der Waals surface area (Å²) < 4.78 is 0. The molecule has 1 heterocycles. The van der Waals surface area contributed by atoms with Gasteiger partial charge in [0.2, 0.25) is 0 Å². The Balaban J connectivity index is 1.86. The van der Waals surface area contributed by atoms with Crippen LogP contribution < -0.4 is 5.32 Å². The zero-order valence-corrected chi connectivity index (χ0v) is 9.72. The molecule has 1 fully saturated rings. The number of benzene rings is 1. The summed E-state index contributed by atoms with van der Waals surface area (Å²) in [6, 6.07) is 10.3. The van der Waals surface area contributed by atoms with Crippen LogP contribution in [-0.2, 0) is 0 Å². The van der Waals surface area contributed by atoms with E-state index in [0.717, 1.165) is 6.04 Å². The highest BCUT2D eigenvalue weighted by atomic mass is 32.2. The van der Waals surface area contributed by atoms with Gasteiger partial charge in [-0.05, 0) is 43.1 Å². The topological polar surface area (TPSA) is 12.0 Å². The zero-order chi connectivity index (χ0) is 10.1. The standard InChI is InChI=1S/C13H17NS/c1-2-6-13-11(4-1)12(5-3-9-15-13)14-10-7-8-10/h1-2,4,6,10,12,14H,3,5,7-9H2. The minimum absolute atomic E-state index is 0.615. The molecular weight excluding hydrogens is 202 g/mol. The lowest BCUT2D eigenvalue weighted by molar-refractivity contribution is 0.490. The average molecular weight is 219 g/mol. The Hall–Kier alpha value is -0.470. The second-order valence-corrected chi connectivity index (χ2v) is 5.66. The number of fused-ring (bicyclic) bond motifs is 1. The highest BCUT2D eigenvalue weighted by molar-refractivity contribution is 7.99. The van der Waals surface area contributed by atoms with E-state index >= 15 is 0 Å². The van der Waals surface area contributed by atoms with E-state index in [0.29, 0.717) is 6.04 Å². The second kappa shape index (κ2) is 4.18. The molecule has 2 aliphatic rings. The van der Waals surface area contributed by atoms with Gasteiger partial charge in [-0.1, -0.05) is 18.2 Å². The lowest BCUT2D eigenvalue weighted by atomic mass is 10.0. The SMILES string of the molecule is c1ccc2c(c1)SCCCC2NC1CC1. The predicted octanol–water partition coefficient (Wildman–Crippen LogP) is 3.37. The van der Waals surface area contributed by atoms with Gasteiger partial charge in [0.1, 0.15) is 0 Å². The van der Waals surface area contributed by atoms with Gasteiger partial charge in [0.05, 0.1) is 0 Å². The molecule has 1 aromatic rings. The molecular formula is C13H17NS. The van der Waals surface area contributed by atoms with Gasteiger partial charge in [0.25, 0.3) is 0 Å². The quantitative estimate of drug-likeness (QED) is 0.818. The number of thioether (sulfide) groups is 1. The van der Waals surface area contributed by atoms with Crippen LogP contribution in [0.1, 0.15) is 37.3 Å². The van der Waals surface area contributed by atoms with Crippen molar-refractivity contribution in [3.05, 3.63) is 29.8 Å². The van der Waals surface area contributed by atoms with Crippen molar-refractivity contribution >= 4 is 11.8 Å². The molecule has 1 saturated carbocycles. The van der Waals surface area contributed by atoms with Crippen molar-refractivity contribution in [1.29, 1.82) is 0 Å². The maximum Gasteiger partial charge on any atom is 0.0334 e. The molecule has 1 aliphatic carbocycles. The van der Waals surface area contributed by atoms with Crippen molar-refractivity contribution in [3.8, 4) is 0 Å². The Kier molecular flexibility index (Phi) is 2.72. The van der Waals surface area contributed by atoms with Crippen LogP contribution in [0, 0.1) is 0 Å². The Bertz CT molecular complexity index is 346. The van der Waals surface area contributed by atoms with Crippen molar-refractivity contribution in [3.63, 3.8) is 0 Å². The van der Waals surface area contributed by atoms with Crippen LogP contribution in [0.25, 0.3) is 0 Å². The third-order valence-corrected chi connectivity index (χ3v) is 4.38. The maximum atomic E-state index is 3.78. The summed E-state index contributed by atoms with van der Waals surface area (Å²) in [5, 5.41) is 3.78. The van der Waals surface area contributed by atoms with E-state index in [9.17, 15) is 0 Å². The fourth-order valence-corrected chi connectivity index (χ4v) is 3.32. The maximum absolute atomic E-state index is 3.78. The van der Waals surface area contributed by atoms with Crippen LogP contribution in [0.2, 0.25) is 0 Å². The van der Waals surface area contributed by atoms with Crippen LogP contribution >= 0.6 is 11.8 Å². The number of hydrogen-bond donors (Lipinski definition) is 1. The van der Waals surface area contributed by atoms with Crippen LogP contribution in [0.4, 0.5) is 0 Å². The van der Waals surface area contributed by atoms with E-state index < -0.39 is 0 Å². The minimum Gasteiger partial charge on any atom is -0.307 e. The summed E-state index contributed by atoms with van der Waals surface area (Å²) in [7, 11) is 0. The molecule has 0 spiro atoms. The predicted molar refractivity (Wildman–Crippen MR) is 65.3 cm³/mol. The van der Waals surface area contributed by atoms with Gasteiger partial charge >= 0.3 is 0 Å². The van der Waals surface area contributed by atoms with Crippen molar-refractivity contribution in [2.75, 3.05) is 5.75 Å². The Morgan fingerprint density at radius 3 is 2.87 bits per heavy atom.